The third-order valence-corrected chi connectivity index (χ3v) is 4.85. The number of carbonyl (C=O) groups is 2. The maximum atomic E-state index is 12.6. The second-order valence-corrected chi connectivity index (χ2v) is 7.41. The molecule has 1 atom stereocenters. The van der Waals surface area contributed by atoms with Crippen LogP contribution in [0.4, 0.5) is 0 Å². The van der Waals surface area contributed by atoms with Crippen molar-refractivity contribution in [2.24, 2.45) is 5.10 Å². The molecule has 2 aromatic carbocycles. The highest BCUT2D eigenvalue weighted by Gasteiger charge is 2.32. The van der Waals surface area contributed by atoms with Gasteiger partial charge in [-0.2, -0.15) is 5.10 Å². The summed E-state index contributed by atoms with van der Waals surface area (Å²) < 4.78 is 10.9. The van der Waals surface area contributed by atoms with E-state index >= 15 is 0 Å². The summed E-state index contributed by atoms with van der Waals surface area (Å²) in [7, 11) is 0. The Morgan fingerprint density at radius 1 is 1.24 bits per heavy atom. The van der Waals surface area contributed by atoms with Crippen molar-refractivity contribution in [2.75, 3.05) is 13.2 Å². The van der Waals surface area contributed by atoms with Gasteiger partial charge in [-0.25, -0.2) is 10.2 Å². The van der Waals surface area contributed by atoms with E-state index in [-0.39, 0.29) is 19.0 Å². The highest BCUT2D eigenvalue weighted by Crippen LogP contribution is 2.33. The molecule has 1 aliphatic rings. The Morgan fingerprint density at radius 2 is 2.03 bits per heavy atom. The van der Waals surface area contributed by atoms with Crippen LogP contribution >= 0.6 is 12.2 Å². The lowest BCUT2D eigenvalue weighted by molar-refractivity contribution is -0.139. The fourth-order valence-electron chi connectivity index (χ4n) is 3.22. The first-order valence-corrected chi connectivity index (χ1v) is 10.6. The molecule has 4 N–H and O–H groups in total. The molecule has 0 unspecified atom stereocenters. The number of phenols is 1. The maximum Gasteiger partial charge on any atom is 0.338 e. The Labute approximate surface area is 196 Å². The molecule has 2 aromatic rings. The smallest absolute Gasteiger partial charge is 0.338 e. The molecule has 0 aliphatic carbocycles. The van der Waals surface area contributed by atoms with Crippen LogP contribution in [0, 0.1) is 0 Å². The highest BCUT2D eigenvalue weighted by atomic mass is 32.1. The molecule has 172 valence electrons. The lowest BCUT2D eigenvalue weighted by atomic mass is 9.95. The van der Waals surface area contributed by atoms with Crippen molar-refractivity contribution in [1.29, 1.82) is 0 Å². The quantitative estimate of drug-likeness (QED) is 0.202. The van der Waals surface area contributed by atoms with Crippen molar-refractivity contribution in [2.45, 2.75) is 19.9 Å². The molecule has 0 saturated heterocycles. The molecule has 1 aliphatic heterocycles. The van der Waals surface area contributed by atoms with Gasteiger partial charge in [-0.3, -0.25) is 4.79 Å². The number of thiocarbonyl (C=S) groups is 1. The van der Waals surface area contributed by atoms with Crippen molar-refractivity contribution >= 4 is 35.4 Å². The van der Waals surface area contributed by atoms with E-state index in [4.69, 9.17) is 21.7 Å². The van der Waals surface area contributed by atoms with Crippen molar-refractivity contribution in [3.8, 4) is 11.5 Å². The number of benzene rings is 2. The number of amides is 1. The second-order valence-electron chi connectivity index (χ2n) is 7.01. The first-order valence-electron chi connectivity index (χ1n) is 10.2. The molecule has 0 spiro atoms. The topological polar surface area (TPSA) is 121 Å². The minimum atomic E-state index is -0.610. The average molecular weight is 469 g/mol. The lowest BCUT2D eigenvalue weighted by Crippen LogP contribution is -2.45. The summed E-state index contributed by atoms with van der Waals surface area (Å²) >= 11 is 5.26. The van der Waals surface area contributed by atoms with Gasteiger partial charge in [0.05, 0.1) is 24.4 Å². The van der Waals surface area contributed by atoms with E-state index in [9.17, 15) is 14.7 Å². The van der Waals surface area contributed by atoms with E-state index in [2.05, 4.69) is 21.2 Å². The number of allylic oxidation sites excluding steroid dienone is 1. The second kappa shape index (κ2) is 11.1. The summed E-state index contributed by atoms with van der Waals surface area (Å²) in [6.45, 7) is 3.40. The van der Waals surface area contributed by atoms with Crippen LogP contribution in [0.3, 0.4) is 0 Å². The molecule has 10 heteroatoms. The number of hydrazone groups is 1. The van der Waals surface area contributed by atoms with Gasteiger partial charge in [0.1, 0.15) is 11.5 Å². The molecule has 0 radical (unpaired) electrons. The summed E-state index contributed by atoms with van der Waals surface area (Å²) in [5, 5.41) is 19.7. The van der Waals surface area contributed by atoms with Crippen LogP contribution in [0.25, 0.3) is 0 Å². The van der Waals surface area contributed by atoms with Crippen LogP contribution in [-0.4, -0.2) is 41.5 Å². The SMILES string of the molecule is CCOC(=O)C1=C(C)NC(=S)N[C@H]1c1ccccc1OCC(=O)NN=Cc1cccc(O)c1. The lowest BCUT2D eigenvalue weighted by Gasteiger charge is -2.30. The van der Waals surface area contributed by atoms with Crippen LogP contribution < -0.4 is 20.8 Å². The summed E-state index contributed by atoms with van der Waals surface area (Å²) in [4.78, 5) is 24.8. The number of phenolic OH excluding ortho intramolecular Hbond substituents is 1. The predicted molar refractivity (Wildman–Crippen MR) is 127 cm³/mol. The normalized spacial score (nSPS) is 15.6. The standard InChI is InChI=1S/C23H24N4O5S/c1-3-31-22(30)20-14(2)25-23(33)26-21(20)17-9-4-5-10-18(17)32-13-19(29)27-24-12-15-7-6-8-16(28)11-15/h4-12,21,28H,3,13H2,1-2H3,(H,27,29)(H2,25,26,33)/t21-/m0/s1. The van der Waals surface area contributed by atoms with Gasteiger partial charge in [0, 0.05) is 11.3 Å². The number of hydrogen-bond acceptors (Lipinski definition) is 7. The fourth-order valence-corrected chi connectivity index (χ4v) is 3.49. The number of rotatable bonds is 8. The maximum absolute atomic E-state index is 12.6. The van der Waals surface area contributed by atoms with Gasteiger partial charge in [0.25, 0.3) is 5.91 Å². The summed E-state index contributed by atoms with van der Waals surface area (Å²) in [5.41, 5.74) is 4.58. The van der Waals surface area contributed by atoms with Crippen molar-refractivity contribution in [3.63, 3.8) is 0 Å². The number of ether oxygens (including phenoxy) is 2. The van der Waals surface area contributed by atoms with Crippen molar-refractivity contribution < 1.29 is 24.2 Å². The van der Waals surface area contributed by atoms with Crippen LogP contribution in [0.15, 0.2) is 64.9 Å². The molecule has 0 saturated carbocycles. The number of esters is 1. The summed E-state index contributed by atoms with van der Waals surface area (Å²) in [6, 6.07) is 12.9. The molecule has 1 amide bonds. The number of nitrogens with one attached hydrogen (secondary N) is 3. The zero-order chi connectivity index (χ0) is 23.8. The van der Waals surface area contributed by atoms with E-state index in [1.807, 2.05) is 0 Å². The monoisotopic (exact) mass is 468 g/mol. The molecule has 0 bridgehead atoms. The van der Waals surface area contributed by atoms with E-state index in [1.165, 1.54) is 18.3 Å². The predicted octanol–water partition coefficient (Wildman–Crippen LogP) is 2.28. The Morgan fingerprint density at radius 3 is 2.79 bits per heavy atom. The van der Waals surface area contributed by atoms with Crippen LogP contribution in [0.2, 0.25) is 0 Å². The minimum absolute atomic E-state index is 0.0997. The van der Waals surface area contributed by atoms with Crippen LogP contribution in [0.1, 0.15) is 31.0 Å². The molecular formula is C23H24N4O5S. The van der Waals surface area contributed by atoms with E-state index in [0.717, 1.165) is 0 Å². The zero-order valence-electron chi connectivity index (χ0n) is 18.1. The van der Waals surface area contributed by atoms with E-state index in [0.29, 0.717) is 33.3 Å². The van der Waals surface area contributed by atoms with Gasteiger partial charge in [0.2, 0.25) is 0 Å². The van der Waals surface area contributed by atoms with Gasteiger partial charge in [-0.1, -0.05) is 30.3 Å². The van der Waals surface area contributed by atoms with Crippen molar-refractivity contribution in [3.05, 3.63) is 70.9 Å². The molecule has 9 nitrogen and oxygen atoms in total. The Balaban J connectivity index is 1.72. The van der Waals surface area contributed by atoms with E-state index in [1.54, 1.807) is 50.2 Å². The van der Waals surface area contributed by atoms with Gasteiger partial charge < -0.3 is 25.2 Å². The Hall–Kier alpha value is -3.92. The van der Waals surface area contributed by atoms with Crippen LogP contribution in [-0.2, 0) is 14.3 Å². The van der Waals surface area contributed by atoms with Gasteiger partial charge in [0.15, 0.2) is 11.7 Å². The van der Waals surface area contributed by atoms with Crippen molar-refractivity contribution in [1.82, 2.24) is 16.1 Å². The number of aromatic hydroxyl groups is 1. The average Bonchev–Trinajstić information content (AvgIpc) is 2.77. The van der Waals surface area contributed by atoms with Crippen LogP contribution in [0.5, 0.6) is 11.5 Å². The summed E-state index contributed by atoms with van der Waals surface area (Å²) in [6.07, 6.45) is 1.41. The molecule has 1 heterocycles. The Bertz CT molecular complexity index is 1120. The number of nitrogens with zero attached hydrogens (tertiary/aromatic N) is 1. The van der Waals surface area contributed by atoms with Gasteiger partial charge in [-0.15, -0.1) is 0 Å². The highest BCUT2D eigenvalue weighted by molar-refractivity contribution is 7.80. The molecule has 33 heavy (non-hydrogen) atoms. The first-order chi connectivity index (χ1) is 15.9. The zero-order valence-corrected chi connectivity index (χ0v) is 18.9. The third-order valence-electron chi connectivity index (χ3n) is 4.63. The third kappa shape index (κ3) is 6.30. The number of carbonyl (C=O) groups excluding carboxylic acids is 2. The molecule has 0 fully saturated rings. The molecule has 3 rings (SSSR count). The fraction of sp³-hybridized carbons (Fsp3) is 0.217. The first kappa shape index (κ1) is 23.7. The Kier molecular flexibility index (Phi) is 7.98. The van der Waals surface area contributed by atoms with E-state index < -0.39 is 17.9 Å². The summed E-state index contributed by atoms with van der Waals surface area (Å²) in [5.74, 6) is -0.451. The number of para-hydroxylation sites is 1. The minimum Gasteiger partial charge on any atom is -0.508 e. The molecular weight excluding hydrogens is 444 g/mol. The van der Waals surface area contributed by atoms with Gasteiger partial charge in [-0.05, 0) is 49.8 Å². The molecule has 0 aromatic heterocycles. The number of hydrogen-bond donors (Lipinski definition) is 4. The largest absolute Gasteiger partial charge is 0.508 e. The van der Waals surface area contributed by atoms with Gasteiger partial charge >= 0.3 is 5.97 Å².